The minimum Gasteiger partial charge on any atom is -0.492 e. The molecule has 0 spiro atoms. The zero-order chi connectivity index (χ0) is 19.6. The molecule has 0 saturated carbocycles. The Bertz CT molecular complexity index is 847. The highest BCUT2D eigenvalue weighted by Gasteiger charge is 2.39. The van der Waals surface area contributed by atoms with Crippen LogP contribution in [0.3, 0.4) is 0 Å². The van der Waals surface area contributed by atoms with Crippen LogP contribution in [0.25, 0.3) is 11.1 Å². The van der Waals surface area contributed by atoms with Gasteiger partial charge < -0.3 is 15.2 Å². The smallest absolute Gasteiger partial charge is 0.405 e. The number of fused-ring (bicyclic) bond motifs is 1. The fraction of sp³-hybridized carbons (Fsp3) is 0.409. The topological polar surface area (TPSA) is 58.6 Å². The lowest BCUT2D eigenvalue weighted by Crippen LogP contribution is -2.34. The summed E-state index contributed by atoms with van der Waals surface area (Å²) < 4.78 is 5.72. The zero-order valence-electron chi connectivity index (χ0n) is 16.0. The van der Waals surface area contributed by atoms with Crippen molar-refractivity contribution in [3.8, 4) is 16.9 Å². The summed E-state index contributed by atoms with van der Waals surface area (Å²) >= 11 is 6.40. The van der Waals surface area contributed by atoms with Gasteiger partial charge in [-0.15, -0.1) is 0 Å². The van der Waals surface area contributed by atoms with Crippen LogP contribution in [-0.2, 0) is 6.42 Å². The molecule has 0 aromatic heterocycles. The van der Waals surface area contributed by atoms with Crippen LogP contribution in [0.1, 0.15) is 50.8 Å². The van der Waals surface area contributed by atoms with Gasteiger partial charge in [0, 0.05) is 0 Å². The molecule has 1 aliphatic rings. The van der Waals surface area contributed by atoms with E-state index in [1.165, 1.54) is 5.56 Å². The van der Waals surface area contributed by atoms with Crippen molar-refractivity contribution >= 4 is 17.7 Å². The number of hydrogen-bond donors (Lipinski definition) is 2. The molecule has 0 aliphatic heterocycles. The van der Waals surface area contributed by atoms with E-state index in [9.17, 15) is 4.79 Å². The summed E-state index contributed by atoms with van der Waals surface area (Å²) in [6, 6.07) is 11.9. The highest BCUT2D eigenvalue weighted by Crippen LogP contribution is 2.46. The Morgan fingerprint density at radius 1 is 1.26 bits per heavy atom. The number of halogens is 1. The number of carboxylic acid groups (broad SMARTS) is 1. The molecule has 5 heteroatoms. The molecule has 1 atom stereocenters. The van der Waals surface area contributed by atoms with Crippen LogP contribution < -0.4 is 10.1 Å². The lowest BCUT2D eigenvalue weighted by molar-refractivity contribution is 0.175. The monoisotopic (exact) mass is 387 g/mol. The van der Waals surface area contributed by atoms with E-state index >= 15 is 0 Å². The maximum absolute atomic E-state index is 11.2. The van der Waals surface area contributed by atoms with Gasteiger partial charge >= 0.3 is 6.09 Å². The Balaban J connectivity index is 1.86. The van der Waals surface area contributed by atoms with Crippen molar-refractivity contribution < 1.29 is 14.6 Å². The van der Waals surface area contributed by atoms with Crippen LogP contribution in [-0.4, -0.2) is 17.8 Å². The Morgan fingerprint density at radius 2 is 1.96 bits per heavy atom. The van der Waals surface area contributed by atoms with Crippen molar-refractivity contribution in [1.29, 1.82) is 0 Å². The molecular weight excluding hydrogens is 362 g/mol. The maximum atomic E-state index is 11.2. The third-order valence-electron chi connectivity index (χ3n) is 5.17. The second-order valence-corrected chi connectivity index (χ2v) is 8.22. The van der Waals surface area contributed by atoms with E-state index in [-0.39, 0.29) is 11.5 Å². The van der Waals surface area contributed by atoms with Gasteiger partial charge in [-0.1, -0.05) is 63.1 Å². The number of rotatable bonds is 6. The molecule has 3 rings (SSSR count). The van der Waals surface area contributed by atoms with Gasteiger partial charge in [-0.05, 0) is 52.6 Å². The quantitative estimate of drug-likeness (QED) is 0.590. The number of hydrogen-bond acceptors (Lipinski definition) is 2. The summed E-state index contributed by atoms with van der Waals surface area (Å²) in [6.45, 7) is 6.97. The summed E-state index contributed by atoms with van der Waals surface area (Å²) in [7, 11) is 0. The van der Waals surface area contributed by atoms with Gasteiger partial charge in [0.1, 0.15) is 5.75 Å². The van der Waals surface area contributed by atoms with Gasteiger partial charge in [0.2, 0.25) is 0 Å². The van der Waals surface area contributed by atoms with E-state index in [0.717, 1.165) is 36.0 Å². The van der Waals surface area contributed by atoms with Crippen molar-refractivity contribution in [2.45, 2.75) is 46.1 Å². The molecule has 0 bridgehead atoms. The first-order valence-corrected chi connectivity index (χ1v) is 9.74. The number of ether oxygens (including phenoxy) is 1. The third kappa shape index (κ3) is 4.22. The minimum atomic E-state index is -0.990. The lowest BCUT2D eigenvalue weighted by atomic mass is 9.85. The van der Waals surface area contributed by atoms with Crippen LogP contribution in [0.5, 0.6) is 5.75 Å². The molecule has 0 saturated heterocycles. The van der Waals surface area contributed by atoms with Crippen molar-refractivity contribution in [3.63, 3.8) is 0 Å². The highest BCUT2D eigenvalue weighted by atomic mass is 35.5. The SMILES string of the molecule is CCCCOc1ccc(-c2ccc3c(c2)CC(C)(C)C3NC(=O)O)cc1Cl. The average Bonchev–Trinajstić information content (AvgIpc) is 2.85. The van der Waals surface area contributed by atoms with Gasteiger partial charge in [-0.25, -0.2) is 4.79 Å². The highest BCUT2D eigenvalue weighted by molar-refractivity contribution is 6.32. The van der Waals surface area contributed by atoms with E-state index in [0.29, 0.717) is 17.4 Å². The molecular formula is C22H26ClNO3. The molecule has 2 aromatic carbocycles. The van der Waals surface area contributed by atoms with Gasteiger partial charge in [0.05, 0.1) is 17.7 Å². The van der Waals surface area contributed by atoms with Crippen LogP contribution in [0, 0.1) is 5.41 Å². The predicted octanol–water partition coefficient (Wildman–Crippen LogP) is 6.08. The molecule has 4 nitrogen and oxygen atoms in total. The fourth-order valence-corrected chi connectivity index (χ4v) is 3.99. The minimum absolute atomic E-state index is 0.159. The van der Waals surface area contributed by atoms with Gasteiger partial charge in [-0.2, -0.15) is 0 Å². The van der Waals surface area contributed by atoms with Crippen molar-refractivity contribution in [3.05, 3.63) is 52.5 Å². The van der Waals surface area contributed by atoms with Gasteiger partial charge in [-0.3, -0.25) is 0 Å². The van der Waals surface area contributed by atoms with Gasteiger partial charge in [0.15, 0.2) is 0 Å². The summed E-state index contributed by atoms with van der Waals surface area (Å²) in [5.74, 6) is 0.710. The number of amides is 1. The Morgan fingerprint density at radius 3 is 2.63 bits per heavy atom. The molecule has 0 radical (unpaired) electrons. The lowest BCUT2D eigenvalue weighted by Gasteiger charge is -2.27. The summed E-state index contributed by atoms with van der Waals surface area (Å²) in [5.41, 5.74) is 4.17. The molecule has 0 heterocycles. The third-order valence-corrected chi connectivity index (χ3v) is 5.47. The largest absolute Gasteiger partial charge is 0.492 e. The van der Waals surface area contributed by atoms with Crippen LogP contribution in [0.15, 0.2) is 36.4 Å². The molecule has 2 aromatic rings. The van der Waals surface area contributed by atoms with Crippen molar-refractivity contribution in [1.82, 2.24) is 5.32 Å². The molecule has 1 unspecified atom stereocenters. The predicted molar refractivity (Wildman–Crippen MR) is 109 cm³/mol. The zero-order valence-corrected chi connectivity index (χ0v) is 16.8. The van der Waals surface area contributed by atoms with E-state index in [1.807, 2.05) is 30.3 Å². The second-order valence-electron chi connectivity index (χ2n) is 7.81. The summed E-state index contributed by atoms with van der Waals surface area (Å²) in [6.07, 6.45) is 1.92. The number of nitrogens with one attached hydrogen (secondary N) is 1. The van der Waals surface area contributed by atoms with E-state index in [2.05, 4.69) is 32.2 Å². The molecule has 144 valence electrons. The van der Waals surface area contributed by atoms with Crippen molar-refractivity contribution in [2.24, 2.45) is 5.41 Å². The van der Waals surface area contributed by atoms with E-state index in [1.54, 1.807) is 0 Å². The van der Waals surface area contributed by atoms with Crippen molar-refractivity contribution in [2.75, 3.05) is 6.61 Å². The molecule has 27 heavy (non-hydrogen) atoms. The number of unbranched alkanes of at least 4 members (excludes halogenated alkanes) is 1. The fourth-order valence-electron chi connectivity index (χ4n) is 3.75. The Hall–Kier alpha value is -2.20. The van der Waals surface area contributed by atoms with Crippen LogP contribution >= 0.6 is 11.6 Å². The molecule has 1 amide bonds. The maximum Gasteiger partial charge on any atom is 0.405 e. The Kier molecular flexibility index (Phi) is 5.66. The summed E-state index contributed by atoms with van der Waals surface area (Å²) in [4.78, 5) is 11.2. The first-order chi connectivity index (χ1) is 12.8. The van der Waals surface area contributed by atoms with E-state index < -0.39 is 6.09 Å². The molecule has 1 aliphatic carbocycles. The first kappa shape index (κ1) is 19.6. The van der Waals surface area contributed by atoms with Crippen LogP contribution in [0.2, 0.25) is 5.02 Å². The molecule has 2 N–H and O–H groups in total. The Labute approximate surface area is 165 Å². The average molecular weight is 388 g/mol. The van der Waals surface area contributed by atoms with Crippen LogP contribution in [0.4, 0.5) is 4.79 Å². The van der Waals surface area contributed by atoms with E-state index in [4.69, 9.17) is 21.4 Å². The standard InChI is InChI=1S/C22H26ClNO3/c1-4-5-10-27-19-9-7-15(12-18(19)23)14-6-8-17-16(11-14)13-22(2,3)20(17)24-21(25)26/h6-9,11-12,20,24H,4-5,10,13H2,1-3H3,(H,25,26). The first-order valence-electron chi connectivity index (χ1n) is 9.37. The second kappa shape index (κ2) is 7.81. The number of carbonyl (C=O) groups is 1. The normalized spacial score (nSPS) is 17.4. The number of benzene rings is 2. The summed E-state index contributed by atoms with van der Waals surface area (Å²) in [5, 5.41) is 12.4. The van der Waals surface area contributed by atoms with Gasteiger partial charge in [0.25, 0.3) is 0 Å². The molecule has 0 fully saturated rings.